The van der Waals surface area contributed by atoms with Crippen molar-refractivity contribution in [2.24, 2.45) is 5.73 Å². The maximum Gasteiger partial charge on any atom is 0.387 e. The monoisotopic (exact) mass is 188 g/mol. The van der Waals surface area contributed by atoms with Gasteiger partial charge in [0, 0.05) is 12.1 Å². The summed E-state index contributed by atoms with van der Waals surface area (Å²) in [6, 6.07) is 3.06. The van der Waals surface area contributed by atoms with Gasteiger partial charge in [-0.1, -0.05) is 0 Å². The van der Waals surface area contributed by atoms with Crippen molar-refractivity contribution in [2.45, 2.75) is 13.0 Å². The predicted octanol–water partition coefficient (Wildman–Crippen LogP) is 1.18. The van der Waals surface area contributed by atoms with Crippen LogP contribution in [0.3, 0.4) is 0 Å². The smallest absolute Gasteiger partial charge is 0.387 e. The van der Waals surface area contributed by atoms with Crippen molar-refractivity contribution in [1.82, 2.24) is 4.98 Å². The standard InChI is InChI=1S/C8H10F2N2O/c9-8(10)13-7-2-1-6(3-4-11)12-5-7/h1-2,5,8H,3-4,11H2. The van der Waals surface area contributed by atoms with Gasteiger partial charge in [-0.05, 0) is 18.7 Å². The molecule has 1 heterocycles. The highest BCUT2D eigenvalue weighted by Gasteiger charge is 2.03. The highest BCUT2D eigenvalue weighted by atomic mass is 19.3. The first-order valence-corrected chi connectivity index (χ1v) is 3.82. The van der Waals surface area contributed by atoms with E-state index >= 15 is 0 Å². The number of pyridine rings is 1. The molecule has 0 fully saturated rings. The first-order valence-electron chi connectivity index (χ1n) is 3.82. The number of nitrogens with two attached hydrogens (primary N) is 1. The zero-order valence-electron chi connectivity index (χ0n) is 6.91. The van der Waals surface area contributed by atoms with E-state index < -0.39 is 6.61 Å². The summed E-state index contributed by atoms with van der Waals surface area (Å²) in [4.78, 5) is 3.88. The summed E-state index contributed by atoms with van der Waals surface area (Å²) < 4.78 is 27.5. The topological polar surface area (TPSA) is 48.1 Å². The van der Waals surface area contributed by atoms with Gasteiger partial charge in [0.25, 0.3) is 0 Å². The third-order valence-corrected chi connectivity index (χ3v) is 1.42. The summed E-state index contributed by atoms with van der Waals surface area (Å²) in [5.41, 5.74) is 6.06. The summed E-state index contributed by atoms with van der Waals surface area (Å²) in [5, 5.41) is 0. The van der Waals surface area contributed by atoms with E-state index in [-0.39, 0.29) is 5.75 Å². The van der Waals surface area contributed by atoms with Gasteiger partial charge in [-0.3, -0.25) is 4.98 Å². The quantitative estimate of drug-likeness (QED) is 0.771. The number of rotatable bonds is 4. The molecule has 0 bridgehead atoms. The Hall–Kier alpha value is -1.23. The molecule has 2 N–H and O–H groups in total. The molecule has 1 aromatic heterocycles. The minimum Gasteiger partial charge on any atom is -0.433 e. The first-order chi connectivity index (χ1) is 6.22. The molecule has 72 valence electrons. The molecule has 0 aliphatic rings. The molecule has 0 atom stereocenters. The second-order valence-corrected chi connectivity index (χ2v) is 2.40. The van der Waals surface area contributed by atoms with E-state index in [4.69, 9.17) is 5.73 Å². The number of alkyl halides is 2. The van der Waals surface area contributed by atoms with Gasteiger partial charge in [0.1, 0.15) is 5.75 Å². The van der Waals surface area contributed by atoms with Crippen LogP contribution in [0.25, 0.3) is 0 Å². The van der Waals surface area contributed by atoms with Crippen molar-refractivity contribution >= 4 is 0 Å². The van der Waals surface area contributed by atoms with Crippen molar-refractivity contribution in [3.8, 4) is 5.75 Å². The molecule has 0 amide bonds. The van der Waals surface area contributed by atoms with Gasteiger partial charge in [0.2, 0.25) is 0 Å². The molecule has 0 spiro atoms. The molecule has 3 nitrogen and oxygen atoms in total. The van der Waals surface area contributed by atoms with Crippen LogP contribution in [0.1, 0.15) is 5.69 Å². The van der Waals surface area contributed by atoms with Gasteiger partial charge in [-0.25, -0.2) is 0 Å². The van der Waals surface area contributed by atoms with Gasteiger partial charge in [-0.15, -0.1) is 0 Å². The number of aromatic nitrogens is 1. The maximum absolute atomic E-state index is 11.7. The predicted molar refractivity (Wildman–Crippen MR) is 43.6 cm³/mol. The number of ether oxygens (including phenoxy) is 1. The highest BCUT2D eigenvalue weighted by Crippen LogP contribution is 2.12. The molecular formula is C8H10F2N2O. The molecule has 0 saturated carbocycles. The van der Waals surface area contributed by atoms with Crippen LogP contribution >= 0.6 is 0 Å². The Balaban J connectivity index is 2.59. The molecule has 0 unspecified atom stereocenters. The number of hydrogen-bond acceptors (Lipinski definition) is 3. The fourth-order valence-corrected chi connectivity index (χ4v) is 0.879. The Morgan fingerprint density at radius 2 is 2.23 bits per heavy atom. The van der Waals surface area contributed by atoms with Crippen molar-refractivity contribution in [3.05, 3.63) is 24.0 Å². The molecule has 0 radical (unpaired) electrons. The Morgan fingerprint density at radius 1 is 1.46 bits per heavy atom. The van der Waals surface area contributed by atoms with Crippen LogP contribution in [-0.2, 0) is 6.42 Å². The number of nitrogens with zero attached hydrogens (tertiary/aromatic N) is 1. The average Bonchev–Trinajstić information content (AvgIpc) is 2.08. The van der Waals surface area contributed by atoms with E-state index in [9.17, 15) is 8.78 Å². The van der Waals surface area contributed by atoms with Crippen LogP contribution in [0.4, 0.5) is 8.78 Å². The third kappa shape index (κ3) is 3.33. The Bertz CT molecular complexity index is 251. The molecule has 0 saturated heterocycles. The lowest BCUT2D eigenvalue weighted by atomic mass is 10.3. The third-order valence-electron chi connectivity index (χ3n) is 1.42. The molecule has 0 aliphatic heterocycles. The van der Waals surface area contributed by atoms with E-state index in [0.29, 0.717) is 13.0 Å². The van der Waals surface area contributed by atoms with Gasteiger partial charge in [-0.2, -0.15) is 8.78 Å². The normalized spacial score (nSPS) is 10.5. The van der Waals surface area contributed by atoms with E-state index in [2.05, 4.69) is 9.72 Å². The van der Waals surface area contributed by atoms with Crippen molar-refractivity contribution in [3.63, 3.8) is 0 Å². The zero-order chi connectivity index (χ0) is 9.68. The van der Waals surface area contributed by atoms with E-state index in [0.717, 1.165) is 5.69 Å². The summed E-state index contributed by atoms with van der Waals surface area (Å²) in [6.45, 7) is -2.32. The summed E-state index contributed by atoms with van der Waals surface area (Å²) in [6.07, 6.45) is 1.89. The fourth-order valence-electron chi connectivity index (χ4n) is 0.879. The van der Waals surface area contributed by atoms with Crippen molar-refractivity contribution < 1.29 is 13.5 Å². The van der Waals surface area contributed by atoms with Crippen LogP contribution in [0.15, 0.2) is 18.3 Å². The lowest BCUT2D eigenvalue weighted by Crippen LogP contribution is -2.05. The molecule has 5 heteroatoms. The molecule has 0 aliphatic carbocycles. The van der Waals surface area contributed by atoms with Gasteiger partial charge in [0.15, 0.2) is 0 Å². The fraction of sp³-hybridized carbons (Fsp3) is 0.375. The summed E-state index contributed by atoms with van der Waals surface area (Å²) in [5.74, 6) is 0.0655. The lowest BCUT2D eigenvalue weighted by molar-refractivity contribution is -0.0500. The Labute approximate surface area is 74.5 Å². The van der Waals surface area contributed by atoms with Gasteiger partial charge >= 0.3 is 6.61 Å². The van der Waals surface area contributed by atoms with Crippen molar-refractivity contribution in [2.75, 3.05) is 6.54 Å². The first kappa shape index (κ1) is 9.85. The molecule has 1 rings (SSSR count). The Kier molecular flexibility index (Phi) is 3.57. The summed E-state index contributed by atoms with van der Waals surface area (Å²) in [7, 11) is 0. The number of halogens is 2. The van der Waals surface area contributed by atoms with Crippen LogP contribution in [0.2, 0.25) is 0 Å². The summed E-state index contributed by atoms with van der Waals surface area (Å²) >= 11 is 0. The lowest BCUT2D eigenvalue weighted by Gasteiger charge is -2.03. The average molecular weight is 188 g/mol. The second-order valence-electron chi connectivity index (χ2n) is 2.40. The van der Waals surface area contributed by atoms with Gasteiger partial charge < -0.3 is 10.5 Å². The maximum atomic E-state index is 11.7. The van der Waals surface area contributed by atoms with Gasteiger partial charge in [0.05, 0.1) is 6.20 Å². The SMILES string of the molecule is NCCc1ccc(OC(F)F)cn1. The molecule has 0 aromatic carbocycles. The van der Waals surface area contributed by atoms with E-state index in [1.807, 2.05) is 0 Å². The molecule has 13 heavy (non-hydrogen) atoms. The largest absolute Gasteiger partial charge is 0.433 e. The minimum absolute atomic E-state index is 0.0655. The number of hydrogen-bond donors (Lipinski definition) is 1. The molecular weight excluding hydrogens is 178 g/mol. The van der Waals surface area contributed by atoms with Crippen molar-refractivity contribution in [1.29, 1.82) is 0 Å². The van der Waals surface area contributed by atoms with Crippen LogP contribution in [0.5, 0.6) is 5.75 Å². The zero-order valence-corrected chi connectivity index (χ0v) is 6.91. The second kappa shape index (κ2) is 4.71. The van der Waals surface area contributed by atoms with Crippen LogP contribution in [-0.4, -0.2) is 18.1 Å². The van der Waals surface area contributed by atoms with E-state index in [1.165, 1.54) is 12.3 Å². The van der Waals surface area contributed by atoms with Crippen LogP contribution in [0, 0.1) is 0 Å². The Morgan fingerprint density at radius 3 is 2.69 bits per heavy atom. The van der Waals surface area contributed by atoms with Crippen LogP contribution < -0.4 is 10.5 Å². The minimum atomic E-state index is -2.80. The molecule has 1 aromatic rings. The highest BCUT2D eigenvalue weighted by molar-refractivity contribution is 5.19. The van der Waals surface area contributed by atoms with E-state index in [1.54, 1.807) is 6.07 Å².